The molecule has 1 heterocycles. The Labute approximate surface area is 56.9 Å². The molecular weight excluding hydrogens is 144 g/mol. The molecule has 1 rings (SSSR count). The maximum Gasteiger partial charge on any atom is 0.148 e. The minimum Gasteiger partial charge on any atom is -0.494 e. The number of ether oxygens (including phenoxy) is 1. The van der Waals surface area contributed by atoms with Crippen molar-refractivity contribution in [2.75, 3.05) is 7.11 Å². The van der Waals surface area contributed by atoms with E-state index in [1.54, 1.807) is 7.11 Å². The Balaban J connectivity index is 2.92. The molecule has 0 N–H and O–H groups in total. The molecular formula is C5H5ClOS. The smallest absolute Gasteiger partial charge is 0.148 e. The van der Waals surface area contributed by atoms with Gasteiger partial charge in [-0.15, -0.1) is 11.3 Å². The third-order valence-electron chi connectivity index (χ3n) is 0.802. The first-order chi connectivity index (χ1) is 3.84. The van der Waals surface area contributed by atoms with Gasteiger partial charge in [0.2, 0.25) is 0 Å². The van der Waals surface area contributed by atoms with E-state index in [1.165, 1.54) is 11.3 Å². The van der Waals surface area contributed by atoms with Gasteiger partial charge in [-0.05, 0) is 0 Å². The lowest BCUT2D eigenvalue weighted by molar-refractivity contribution is 0.417. The second-order valence-corrected chi connectivity index (χ2v) is 2.44. The monoisotopic (exact) mass is 148 g/mol. The molecule has 0 amide bonds. The first-order valence-corrected chi connectivity index (χ1v) is 3.42. The summed E-state index contributed by atoms with van der Waals surface area (Å²) in [5, 5.41) is 4.39. The summed E-state index contributed by atoms with van der Waals surface area (Å²) in [6.45, 7) is 0. The number of hydrogen-bond acceptors (Lipinski definition) is 2. The van der Waals surface area contributed by atoms with Crippen LogP contribution in [-0.2, 0) is 0 Å². The van der Waals surface area contributed by atoms with Crippen LogP contribution in [-0.4, -0.2) is 7.11 Å². The minimum absolute atomic E-state index is 0.692. The predicted molar refractivity (Wildman–Crippen MR) is 35.9 cm³/mol. The summed E-state index contributed by atoms with van der Waals surface area (Å²) in [5.74, 6) is 0.761. The van der Waals surface area contributed by atoms with E-state index >= 15 is 0 Å². The average Bonchev–Trinajstić information content (AvgIpc) is 2.14. The van der Waals surface area contributed by atoms with Crippen LogP contribution in [0.25, 0.3) is 0 Å². The summed E-state index contributed by atoms with van der Waals surface area (Å²) in [6, 6.07) is 0. The van der Waals surface area contributed by atoms with Gasteiger partial charge in [-0.3, -0.25) is 0 Å². The zero-order valence-corrected chi connectivity index (χ0v) is 5.92. The SMILES string of the molecule is COc1cscc1Cl. The normalized spacial score (nSPS) is 9.25. The second kappa shape index (κ2) is 2.37. The molecule has 0 radical (unpaired) electrons. The van der Waals surface area contributed by atoms with E-state index in [0.717, 1.165) is 5.75 Å². The molecule has 0 saturated heterocycles. The van der Waals surface area contributed by atoms with Crippen LogP contribution >= 0.6 is 22.9 Å². The third kappa shape index (κ3) is 0.956. The standard InChI is InChI=1S/C5H5ClOS/c1-7-5-3-8-2-4(5)6/h2-3H,1H3. The van der Waals surface area contributed by atoms with Crippen molar-refractivity contribution in [3.8, 4) is 5.75 Å². The van der Waals surface area contributed by atoms with E-state index < -0.39 is 0 Å². The largest absolute Gasteiger partial charge is 0.494 e. The van der Waals surface area contributed by atoms with Gasteiger partial charge in [0, 0.05) is 10.8 Å². The fourth-order valence-electron chi connectivity index (χ4n) is 0.416. The van der Waals surface area contributed by atoms with Crippen molar-refractivity contribution >= 4 is 22.9 Å². The first-order valence-electron chi connectivity index (χ1n) is 2.10. The molecule has 0 fully saturated rings. The highest BCUT2D eigenvalue weighted by atomic mass is 35.5. The van der Waals surface area contributed by atoms with Gasteiger partial charge in [-0.25, -0.2) is 0 Å². The highest BCUT2D eigenvalue weighted by Crippen LogP contribution is 2.27. The van der Waals surface area contributed by atoms with Crippen molar-refractivity contribution in [1.29, 1.82) is 0 Å². The van der Waals surface area contributed by atoms with E-state index in [9.17, 15) is 0 Å². The molecule has 0 aromatic carbocycles. The third-order valence-corrected chi connectivity index (χ3v) is 1.95. The number of halogens is 1. The van der Waals surface area contributed by atoms with Crippen molar-refractivity contribution in [2.45, 2.75) is 0 Å². The Morgan fingerprint density at radius 1 is 1.62 bits per heavy atom. The molecule has 0 aliphatic rings. The summed E-state index contributed by atoms with van der Waals surface area (Å²) in [7, 11) is 1.61. The Bertz CT molecular complexity index is 173. The summed E-state index contributed by atoms with van der Waals surface area (Å²) >= 11 is 7.16. The second-order valence-electron chi connectivity index (χ2n) is 1.29. The molecule has 1 aromatic rings. The zero-order valence-electron chi connectivity index (χ0n) is 4.35. The van der Waals surface area contributed by atoms with E-state index in [0.29, 0.717) is 5.02 Å². The molecule has 0 bridgehead atoms. The molecule has 0 spiro atoms. The van der Waals surface area contributed by atoms with Gasteiger partial charge in [-0.1, -0.05) is 11.6 Å². The van der Waals surface area contributed by atoms with Gasteiger partial charge in [-0.2, -0.15) is 0 Å². The van der Waals surface area contributed by atoms with Crippen molar-refractivity contribution in [3.05, 3.63) is 15.8 Å². The van der Waals surface area contributed by atoms with Crippen LogP contribution in [0.15, 0.2) is 10.8 Å². The molecule has 1 nitrogen and oxygen atoms in total. The lowest BCUT2D eigenvalue weighted by Gasteiger charge is -1.91. The molecule has 0 unspecified atom stereocenters. The highest BCUT2D eigenvalue weighted by Gasteiger charge is 1.96. The van der Waals surface area contributed by atoms with Crippen molar-refractivity contribution in [3.63, 3.8) is 0 Å². The van der Waals surface area contributed by atoms with E-state index in [-0.39, 0.29) is 0 Å². The van der Waals surface area contributed by atoms with Crippen molar-refractivity contribution < 1.29 is 4.74 Å². The molecule has 0 aliphatic carbocycles. The molecule has 3 heteroatoms. The predicted octanol–water partition coefficient (Wildman–Crippen LogP) is 2.41. The van der Waals surface area contributed by atoms with E-state index in [4.69, 9.17) is 16.3 Å². The molecule has 1 aromatic heterocycles. The molecule has 44 valence electrons. The van der Waals surface area contributed by atoms with Crippen LogP contribution in [0.2, 0.25) is 5.02 Å². The highest BCUT2D eigenvalue weighted by molar-refractivity contribution is 7.08. The van der Waals surface area contributed by atoms with Crippen molar-refractivity contribution in [2.24, 2.45) is 0 Å². The number of methoxy groups -OCH3 is 1. The lowest BCUT2D eigenvalue weighted by atomic mass is 10.6. The average molecular weight is 149 g/mol. The summed E-state index contributed by atoms with van der Waals surface area (Å²) < 4.78 is 4.86. The van der Waals surface area contributed by atoms with E-state index in [2.05, 4.69) is 0 Å². The van der Waals surface area contributed by atoms with E-state index in [1.807, 2.05) is 10.8 Å². The van der Waals surface area contributed by atoms with Crippen LogP contribution in [0.4, 0.5) is 0 Å². The fraction of sp³-hybridized carbons (Fsp3) is 0.200. The van der Waals surface area contributed by atoms with Crippen LogP contribution in [0.1, 0.15) is 0 Å². The minimum atomic E-state index is 0.692. The summed E-state index contributed by atoms with van der Waals surface area (Å²) in [6.07, 6.45) is 0. The molecule has 0 aliphatic heterocycles. The van der Waals surface area contributed by atoms with Crippen LogP contribution in [0.3, 0.4) is 0 Å². The molecule has 0 atom stereocenters. The lowest BCUT2D eigenvalue weighted by Crippen LogP contribution is -1.76. The van der Waals surface area contributed by atoms with Crippen LogP contribution < -0.4 is 4.74 Å². The fourth-order valence-corrected chi connectivity index (χ4v) is 1.42. The quantitative estimate of drug-likeness (QED) is 0.595. The maximum absolute atomic E-state index is 5.63. The van der Waals surface area contributed by atoms with Gasteiger partial charge in [0.15, 0.2) is 0 Å². The Morgan fingerprint density at radius 3 is 2.62 bits per heavy atom. The first kappa shape index (κ1) is 5.92. The zero-order chi connectivity index (χ0) is 5.98. The Morgan fingerprint density at radius 2 is 2.38 bits per heavy atom. The number of hydrogen-bond donors (Lipinski definition) is 0. The molecule has 8 heavy (non-hydrogen) atoms. The van der Waals surface area contributed by atoms with Gasteiger partial charge in [0.1, 0.15) is 5.75 Å². The number of thiophene rings is 1. The van der Waals surface area contributed by atoms with Crippen LogP contribution in [0, 0.1) is 0 Å². The van der Waals surface area contributed by atoms with Crippen LogP contribution in [0.5, 0.6) is 5.75 Å². The maximum atomic E-state index is 5.63. The summed E-state index contributed by atoms with van der Waals surface area (Å²) in [5.41, 5.74) is 0. The summed E-state index contributed by atoms with van der Waals surface area (Å²) in [4.78, 5) is 0. The molecule has 0 saturated carbocycles. The van der Waals surface area contributed by atoms with Gasteiger partial charge < -0.3 is 4.74 Å². The topological polar surface area (TPSA) is 9.23 Å². The number of rotatable bonds is 1. The van der Waals surface area contributed by atoms with Gasteiger partial charge >= 0.3 is 0 Å². The van der Waals surface area contributed by atoms with Gasteiger partial charge in [0.05, 0.1) is 12.1 Å². The Kier molecular flexibility index (Phi) is 1.76. The van der Waals surface area contributed by atoms with Crippen molar-refractivity contribution in [1.82, 2.24) is 0 Å². The van der Waals surface area contributed by atoms with Gasteiger partial charge in [0.25, 0.3) is 0 Å². The Hall–Kier alpha value is -0.210.